The van der Waals surface area contributed by atoms with Crippen molar-refractivity contribution in [3.05, 3.63) is 80.0 Å². The minimum Gasteiger partial charge on any atom is -0.368 e. The molecule has 9 aliphatic rings. The summed E-state index contributed by atoms with van der Waals surface area (Å²) in [7, 11) is 0. The molecule has 36 heavy (non-hydrogen) atoms. The van der Waals surface area contributed by atoms with Crippen molar-refractivity contribution >= 4 is 11.8 Å². The molecule has 0 fully saturated rings. The van der Waals surface area contributed by atoms with Gasteiger partial charge in [0.2, 0.25) is 0 Å². The molecule has 0 radical (unpaired) electrons. The zero-order valence-electron chi connectivity index (χ0n) is 22.5. The van der Waals surface area contributed by atoms with Crippen LogP contribution in [0.4, 0.5) is 0 Å². The van der Waals surface area contributed by atoms with Gasteiger partial charge in [0, 0.05) is 47.3 Å². The van der Waals surface area contributed by atoms with Gasteiger partial charge >= 0.3 is 0 Å². The maximum atomic E-state index is 6.58. The highest BCUT2D eigenvalue weighted by atomic mass is 32.2. The van der Waals surface area contributed by atoms with Gasteiger partial charge in [-0.15, -0.1) is 11.8 Å². The lowest BCUT2D eigenvalue weighted by Gasteiger charge is -2.58. The fourth-order valence-electron chi connectivity index (χ4n) is 10.1. The second-order valence-electron chi connectivity index (χ2n) is 12.7. The highest BCUT2D eigenvalue weighted by Crippen LogP contribution is 2.66. The first-order chi connectivity index (χ1) is 17.4. The Morgan fingerprint density at radius 2 is 1.31 bits per heavy atom. The van der Waals surface area contributed by atoms with Gasteiger partial charge < -0.3 is 10.1 Å². The summed E-state index contributed by atoms with van der Waals surface area (Å²) in [6.45, 7) is 17.0. The van der Waals surface area contributed by atoms with Gasteiger partial charge in [-0.3, -0.25) is 0 Å². The van der Waals surface area contributed by atoms with Crippen LogP contribution < -0.4 is 5.32 Å². The van der Waals surface area contributed by atoms with E-state index < -0.39 is 0 Å². The summed E-state index contributed by atoms with van der Waals surface area (Å²) in [5.41, 5.74) is 17.1. The number of fused-ring (bicyclic) bond motifs is 2. The summed E-state index contributed by atoms with van der Waals surface area (Å²) in [6, 6.07) is 9.64. The molecular weight excluding hydrogens is 458 g/mol. The third-order valence-corrected chi connectivity index (χ3v) is 12.6. The van der Waals surface area contributed by atoms with Crippen LogP contribution in [0.3, 0.4) is 0 Å². The van der Waals surface area contributed by atoms with Gasteiger partial charge in [-0.05, 0) is 58.1 Å². The summed E-state index contributed by atoms with van der Waals surface area (Å²) < 4.78 is 6.58. The van der Waals surface area contributed by atoms with Crippen LogP contribution in [0.5, 0.6) is 0 Å². The van der Waals surface area contributed by atoms with E-state index in [1.807, 2.05) is 11.1 Å². The first-order valence-corrected chi connectivity index (χ1v) is 15.5. The van der Waals surface area contributed by atoms with E-state index in [0.29, 0.717) is 52.7 Å². The van der Waals surface area contributed by atoms with Gasteiger partial charge in [0.05, 0.1) is 6.61 Å². The molecule has 0 spiro atoms. The minimum atomic E-state index is 0.159. The van der Waals surface area contributed by atoms with Gasteiger partial charge in [-0.1, -0.05) is 81.2 Å². The van der Waals surface area contributed by atoms with E-state index >= 15 is 0 Å². The van der Waals surface area contributed by atoms with Crippen LogP contribution in [-0.2, 0) is 4.74 Å². The van der Waals surface area contributed by atoms with Gasteiger partial charge in [-0.2, -0.15) is 0 Å². The Bertz CT molecular complexity index is 1230. The zero-order valence-corrected chi connectivity index (χ0v) is 23.3. The summed E-state index contributed by atoms with van der Waals surface area (Å²) in [6.07, 6.45) is 0.159. The van der Waals surface area contributed by atoms with Gasteiger partial charge in [0.15, 0.2) is 0 Å². The molecular formula is C33H39NOS. The molecule has 10 unspecified atom stereocenters. The van der Waals surface area contributed by atoms with E-state index in [1.54, 1.807) is 33.4 Å². The molecule has 0 saturated carbocycles. The maximum Gasteiger partial charge on any atom is 0.105 e. The van der Waals surface area contributed by atoms with Gasteiger partial charge in [-0.25, -0.2) is 0 Å². The van der Waals surface area contributed by atoms with Crippen molar-refractivity contribution in [3.63, 3.8) is 0 Å². The Morgan fingerprint density at radius 1 is 0.694 bits per heavy atom. The minimum absolute atomic E-state index is 0.159. The van der Waals surface area contributed by atoms with E-state index in [0.717, 1.165) is 13.2 Å². The highest BCUT2D eigenvalue weighted by Gasteiger charge is 2.56. The van der Waals surface area contributed by atoms with E-state index in [2.05, 4.69) is 82.9 Å². The number of ether oxygens (including phenoxy) is 1. The van der Waals surface area contributed by atoms with Crippen LogP contribution in [0, 0.1) is 35.5 Å². The lowest BCUT2D eigenvalue weighted by atomic mass is 9.53. The standard InChI is InChI=1S/C33H39NOS/c1-14-11-34-19(6)25-16(3)30-27(15(2)24(14)25)23-13-36-33(30)31-18(5)29-26(17(4)28(23)31)22-12-35-32(29)21-10-8-7-9-20(21)22/h7-10,14-19,22-23,32-34H,11-13H2,1-6H3. The topological polar surface area (TPSA) is 21.3 Å². The molecule has 2 nitrogen and oxygen atoms in total. The Morgan fingerprint density at radius 3 is 2.06 bits per heavy atom. The number of benzene rings is 1. The Labute approximate surface area is 220 Å². The average molecular weight is 498 g/mol. The fraction of sp³-hybridized carbons (Fsp3) is 0.576. The number of hydrogen-bond acceptors (Lipinski definition) is 3. The normalized spacial score (nSPS) is 44.4. The Balaban J connectivity index is 1.27. The van der Waals surface area contributed by atoms with E-state index in [-0.39, 0.29) is 6.10 Å². The van der Waals surface area contributed by atoms with Crippen LogP contribution in [0.2, 0.25) is 0 Å². The predicted octanol–water partition coefficient (Wildman–Crippen LogP) is 6.99. The molecule has 4 bridgehead atoms. The SMILES string of the molecule is CC1CNC(C)C2=C1C(C)C1=C(C2C)C2SCC1C1=C2C(C)C2=C(C1C)C1COC2c2ccccc21. The van der Waals surface area contributed by atoms with Crippen molar-refractivity contribution in [1.29, 1.82) is 0 Å². The van der Waals surface area contributed by atoms with Crippen molar-refractivity contribution in [1.82, 2.24) is 5.32 Å². The summed E-state index contributed by atoms with van der Waals surface area (Å²) in [5.74, 6) is 5.17. The molecule has 1 aromatic carbocycles. The molecule has 0 amide bonds. The first kappa shape index (κ1) is 22.4. The second-order valence-corrected chi connectivity index (χ2v) is 13.9. The largest absolute Gasteiger partial charge is 0.368 e. The molecule has 3 heteroatoms. The molecule has 10 atom stereocenters. The number of hydrogen-bond donors (Lipinski definition) is 1. The van der Waals surface area contributed by atoms with Crippen molar-refractivity contribution in [2.45, 2.75) is 64.9 Å². The summed E-state index contributed by atoms with van der Waals surface area (Å²) >= 11 is 2.26. The van der Waals surface area contributed by atoms with Gasteiger partial charge in [0.25, 0.3) is 0 Å². The Hall–Kier alpha value is -1.55. The lowest BCUT2D eigenvalue weighted by molar-refractivity contribution is 0.0316. The molecule has 1 aromatic rings. The monoisotopic (exact) mass is 497 g/mol. The number of nitrogens with one attached hydrogen (secondary N) is 1. The number of thioether (sulfide) groups is 1. The molecule has 1 N–H and O–H groups in total. The molecule has 4 aliphatic carbocycles. The summed E-state index contributed by atoms with van der Waals surface area (Å²) in [4.78, 5) is 0. The average Bonchev–Trinajstić information content (AvgIpc) is 2.91. The van der Waals surface area contributed by atoms with Gasteiger partial charge in [0.1, 0.15) is 6.10 Å². The van der Waals surface area contributed by atoms with Crippen molar-refractivity contribution in [2.24, 2.45) is 35.5 Å². The molecule has 188 valence electrons. The van der Waals surface area contributed by atoms with Crippen LogP contribution in [0.1, 0.15) is 64.7 Å². The number of allylic oxidation sites excluding steroid dienone is 2. The molecule has 5 heterocycles. The third kappa shape index (κ3) is 2.54. The van der Waals surface area contributed by atoms with Crippen molar-refractivity contribution in [2.75, 3.05) is 18.9 Å². The fourth-order valence-corrected chi connectivity index (χ4v) is 11.8. The number of rotatable bonds is 0. The van der Waals surface area contributed by atoms with Crippen LogP contribution in [-0.4, -0.2) is 30.2 Å². The maximum absolute atomic E-state index is 6.58. The van der Waals surface area contributed by atoms with Crippen molar-refractivity contribution in [3.8, 4) is 0 Å². The smallest absolute Gasteiger partial charge is 0.105 e. The molecule has 10 rings (SSSR count). The van der Waals surface area contributed by atoms with E-state index in [9.17, 15) is 0 Å². The molecule has 0 aromatic heterocycles. The predicted molar refractivity (Wildman–Crippen MR) is 149 cm³/mol. The first-order valence-electron chi connectivity index (χ1n) is 14.4. The second kappa shape index (κ2) is 7.52. The van der Waals surface area contributed by atoms with Crippen molar-refractivity contribution < 1.29 is 4.74 Å². The third-order valence-electron chi connectivity index (χ3n) is 11.3. The zero-order chi connectivity index (χ0) is 24.6. The van der Waals surface area contributed by atoms with E-state index in [4.69, 9.17) is 4.74 Å². The van der Waals surface area contributed by atoms with Crippen LogP contribution >= 0.6 is 11.8 Å². The molecule has 5 aliphatic heterocycles. The summed E-state index contributed by atoms with van der Waals surface area (Å²) in [5, 5.41) is 4.39. The van der Waals surface area contributed by atoms with Crippen LogP contribution in [0.15, 0.2) is 68.9 Å². The van der Waals surface area contributed by atoms with E-state index in [1.165, 1.54) is 16.9 Å². The Kier molecular flexibility index (Phi) is 4.68. The lowest BCUT2D eigenvalue weighted by Crippen LogP contribution is -2.51. The van der Waals surface area contributed by atoms with Crippen LogP contribution in [0.25, 0.3) is 0 Å². The quantitative estimate of drug-likeness (QED) is 0.391. The highest BCUT2D eigenvalue weighted by molar-refractivity contribution is 8.00. The molecule has 0 saturated heterocycles.